The molecular formula is C16H18N2. The molecule has 2 heteroatoms. The van der Waals surface area contributed by atoms with Gasteiger partial charge in [0, 0.05) is 12.1 Å². The summed E-state index contributed by atoms with van der Waals surface area (Å²) in [6.45, 7) is 5.28. The number of allylic oxidation sites excluding steroid dienone is 4. The Hall–Kier alpha value is -1.80. The first-order valence-corrected chi connectivity index (χ1v) is 6.50. The Morgan fingerprint density at radius 2 is 2.06 bits per heavy atom. The van der Waals surface area contributed by atoms with Crippen molar-refractivity contribution in [2.24, 2.45) is 0 Å². The minimum absolute atomic E-state index is 0.310. The van der Waals surface area contributed by atoms with Crippen molar-refractivity contribution >= 4 is 11.3 Å². The van der Waals surface area contributed by atoms with Crippen molar-refractivity contribution in [2.75, 3.05) is 11.6 Å². The maximum Gasteiger partial charge on any atom is 0.0855 e. The molecule has 3 rings (SSSR count). The second kappa shape index (κ2) is 4.46. The molecule has 0 fully saturated rings. The highest BCUT2D eigenvalue weighted by Crippen LogP contribution is 2.39. The molecule has 1 unspecified atom stereocenters. The fourth-order valence-corrected chi connectivity index (χ4v) is 2.75. The SMILES string of the molecule is CCNN1c2ccccc2C2=C(C)C1C=CC=C2. The number of rotatable bonds is 2. The van der Waals surface area contributed by atoms with Gasteiger partial charge in [0.05, 0.1) is 11.7 Å². The Morgan fingerprint density at radius 3 is 2.89 bits per heavy atom. The molecule has 0 saturated carbocycles. The van der Waals surface area contributed by atoms with E-state index < -0.39 is 0 Å². The third-order valence-corrected chi connectivity index (χ3v) is 3.60. The van der Waals surface area contributed by atoms with Gasteiger partial charge in [-0.15, -0.1) is 0 Å². The lowest BCUT2D eigenvalue weighted by atomic mass is 9.90. The lowest BCUT2D eigenvalue weighted by Crippen LogP contribution is -2.47. The van der Waals surface area contributed by atoms with E-state index >= 15 is 0 Å². The number of hydrogen-bond acceptors (Lipinski definition) is 2. The van der Waals surface area contributed by atoms with Crippen LogP contribution in [0.4, 0.5) is 5.69 Å². The lowest BCUT2D eigenvalue weighted by Gasteiger charge is -2.38. The molecule has 18 heavy (non-hydrogen) atoms. The third kappa shape index (κ3) is 1.61. The molecule has 1 aliphatic heterocycles. The fraction of sp³-hybridized carbons (Fsp3) is 0.250. The predicted molar refractivity (Wildman–Crippen MR) is 77.3 cm³/mol. The number of fused-ring (bicyclic) bond motifs is 3. The van der Waals surface area contributed by atoms with Crippen LogP contribution >= 0.6 is 0 Å². The smallest absolute Gasteiger partial charge is 0.0855 e. The van der Waals surface area contributed by atoms with E-state index in [-0.39, 0.29) is 0 Å². The Balaban J connectivity index is 2.21. The second-order valence-electron chi connectivity index (χ2n) is 4.68. The van der Waals surface area contributed by atoms with Gasteiger partial charge in [0.2, 0.25) is 0 Å². The van der Waals surface area contributed by atoms with Crippen molar-refractivity contribution in [3.05, 3.63) is 59.7 Å². The number of hydrogen-bond donors (Lipinski definition) is 1. The van der Waals surface area contributed by atoms with Crippen LogP contribution in [0.15, 0.2) is 54.1 Å². The average molecular weight is 238 g/mol. The van der Waals surface area contributed by atoms with Crippen LogP contribution in [0.25, 0.3) is 5.57 Å². The molecule has 2 bridgehead atoms. The van der Waals surface area contributed by atoms with Crippen LogP contribution in [0.5, 0.6) is 0 Å². The molecule has 2 nitrogen and oxygen atoms in total. The maximum atomic E-state index is 3.47. The molecule has 1 N–H and O–H groups in total. The van der Waals surface area contributed by atoms with Gasteiger partial charge in [0.1, 0.15) is 0 Å². The molecule has 0 saturated heterocycles. The summed E-state index contributed by atoms with van der Waals surface area (Å²) in [7, 11) is 0. The maximum absolute atomic E-state index is 3.47. The largest absolute Gasteiger partial charge is 0.297 e. The minimum Gasteiger partial charge on any atom is -0.297 e. The molecule has 1 aliphatic carbocycles. The van der Waals surface area contributed by atoms with Gasteiger partial charge in [0.25, 0.3) is 0 Å². The molecule has 1 aromatic carbocycles. The van der Waals surface area contributed by atoms with Gasteiger partial charge in [-0.1, -0.05) is 49.4 Å². The summed E-state index contributed by atoms with van der Waals surface area (Å²) in [5, 5.41) is 2.28. The summed E-state index contributed by atoms with van der Waals surface area (Å²) in [6.07, 6.45) is 8.73. The van der Waals surface area contributed by atoms with Crippen molar-refractivity contribution in [1.82, 2.24) is 5.43 Å². The lowest BCUT2D eigenvalue weighted by molar-refractivity contribution is 0.615. The van der Waals surface area contributed by atoms with Crippen LogP contribution in [-0.4, -0.2) is 12.6 Å². The molecule has 0 amide bonds. The summed E-state index contributed by atoms with van der Waals surface area (Å²) >= 11 is 0. The highest BCUT2D eigenvalue weighted by Gasteiger charge is 2.28. The molecule has 1 aromatic rings. The number of nitrogens with zero attached hydrogens (tertiary/aromatic N) is 1. The summed E-state index contributed by atoms with van der Waals surface area (Å²) in [5.74, 6) is 0. The van der Waals surface area contributed by atoms with Crippen LogP contribution < -0.4 is 10.4 Å². The van der Waals surface area contributed by atoms with Crippen LogP contribution in [0.1, 0.15) is 19.4 Å². The summed E-state index contributed by atoms with van der Waals surface area (Å²) in [4.78, 5) is 0. The molecular weight excluding hydrogens is 220 g/mol. The van der Waals surface area contributed by atoms with Gasteiger partial charge in [-0.05, 0) is 24.1 Å². The molecule has 2 aliphatic rings. The predicted octanol–water partition coefficient (Wildman–Crippen LogP) is 3.30. The first kappa shape index (κ1) is 11.3. The Bertz CT molecular complexity index is 552. The summed E-state index contributed by atoms with van der Waals surface area (Å²) in [5.41, 5.74) is 8.81. The van der Waals surface area contributed by atoms with E-state index in [0.717, 1.165) is 6.54 Å². The molecule has 0 spiro atoms. The third-order valence-electron chi connectivity index (χ3n) is 3.60. The monoisotopic (exact) mass is 238 g/mol. The van der Waals surface area contributed by atoms with E-state index in [1.807, 2.05) is 0 Å². The molecule has 92 valence electrons. The fourth-order valence-electron chi connectivity index (χ4n) is 2.75. The second-order valence-corrected chi connectivity index (χ2v) is 4.68. The molecule has 0 aromatic heterocycles. The van der Waals surface area contributed by atoms with Crippen molar-refractivity contribution in [3.8, 4) is 0 Å². The quantitative estimate of drug-likeness (QED) is 0.850. The van der Waals surface area contributed by atoms with E-state index in [2.05, 4.69) is 72.9 Å². The number of hydrazine groups is 1. The van der Waals surface area contributed by atoms with Gasteiger partial charge < -0.3 is 0 Å². The molecule has 0 radical (unpaired) electrons. The number of nitrogens with one attached hydrogen (secondary N) is 1. The van der Waals surface area contributed by atoms with Crippen LogP contribution in [0.2, 0.25) is 0 Å². The molecule has 1 heterocycles. The highest BCUT2D eigenvalue weighted by atomic mass is 15.5. The van der Waals surface area contributed by atoms with Gasteiger partial charge in [0.15, 0.2) is 0 Å². The molecule has 1 atom stereocenters. The van der Waals surface area contributed by atoms with Crippen molar-refractivity contribution in [2.45, 2.75) is 19.9 Å². The normalized spacial score (nSPS) is 21.0. The van der Waals surface area contributed by atoms with Gasteiger partial charge in [-0.3, -0.25) is 5.01 Å². The number of anilines is 1. The van der Waals surface area contributed by atoms with Crippen LogP contribution in [-0.2, 0) is 0 Å². The number of benzene rings is 1. The van der Waals surface area contributed by atoms with Crippen molar-refractivity contribution in [3.63, 3.8) is 0 Å². The first-order valence-electron chi connectivity index (χ1n) is 6.50. The van der Waals surface area contributed by atoms with E-state index in [0.29, 0.717) is 6.04 Å². The zero-order valence-corrected chi connectivity index (χ0v) is 10.9. The van der Waals surface area contributed by atoms with E-state index in [1.54, 1.807) is 0 Å². The first-order chi connectivity index (χ1) is 8.83. The Morgan fingerprint density at radius 1 is 1.22 bits per heavy atom. The summed E-state index contributed by atoms with van der Waals surface area (Å²) < 4.78 is 0. The van der Waals surface area contributed by atoms with E-state index in [9.17, 15) is 0 Å². The van der Waals surface area contributed by atoms with Gasteiger partial charge in [-0.25, -0.2) is 5.43 Å². The average Bonchev–Trinajstić information content (AvgIpc) is 2.53. The topological polar surface area (TPSA) is 15.3 Å². The van der Waals surface area contributed by atoms with Crippen molar-refractivity contribution < 1.29 is 0 Å². The highest BCUT2D eigenvalue weighted by molar-refractivity contribution is 5.89. The standard InChI is InChI=1S/C16H18N2/c1-3-17-18-15-10-6-4-8-13(12(15)2)14-9-5-7-11-16(14)18/h4-11,15,17H,3H2,1-2H3. The zero-order chi connectivity index (χ0) is 12.5. The Labute approximate surface area is 108 Å². The van der Waals surface area contributed by atoms with Crippen molar-refractivity contribution in [1.29, 1.82) is 0 Å². The van der Waals surface area contributed by atoms with Gasteiger partial charge >= 0.3 is 0 Å². The van der Waals surface area contributed by atoms with Gasteiger partial charge in [-0.2, -0.15) is 0 Å². The Kier molecular flexibility index (Phi) is 2.80. The zero-order valence-electron chi connectivity index (χ0n) is 10.9. The van der Waals surface area contributed by atoms with E-state index in [4.69, 9.17) is 0 Å². The minimum atomic E-state index is 0.310. The van der Waals surface area contributed by atoms with E-state index in [1.165, 1.54) is 22.4 Å². The summed E-state index contributed by atoms with van der Waals surface area (Å²) in [6, 6.07) is 8.90. The van der Waals surface area contributed by atoms with Crippen LogP contribution in [0, 0.1) is 0 Å². The number of para-hydroxylation sites is 1. The van der Waals surface area contributed by atoms with Crippen LogP contribution in [0.3, 0.4) is 0 Å².